The molecule has 1 heterocycles. The predicted octanol–water partition coefficient (Wildman–Crippen LogP) is 0.929. The highest BCUT2D eigenvalue weighted by atomic mass is 16.2. The second-order valence-electron chi connectivity index (χ2n) is 5.76. The average molecular weight is 253 g/mol. The van der Waals surface area contributed by atoms with Gasteiger partial charge in [0, 0.05) is 19.6 Å². The summed E-state index contributed by atoms with van der Waals surface area (Å²) >= 11 is 0. The minimum atomic E-state index is 0.299. The summed E-state index contributed by atoms with van der Waals surface area (Å²) in [5.74, 6) is 1.07. The highest BCUT2D eigenvalue weighted by Crippen LogP contribution is 2.25. The Hall–Kier alpha value is -0.610. The third-order valence-electron chi connectivity index (χ3n) is 4.27. The van der Waals surface area contributed by atoms with E-state index in [0.717, 1.165) is 32.1 Å². The number of hydrogen-bond donors (Lipinski definition) is 1. The summed E-state index contributed by atoms with van der Waals surface area (Å²) in [4.78, 5) is 16.4. The maximum atomic E-state index is 12.1. The van der Waals surface area contributed by atoms with Crippen molar-refractivity contribution in [3.8, 4) is 0 Å². The van der Waals surface area contributed by atoms with Crippen molar-refractivity contribution in [1.29, 1.82) is 0 Å². The number of likely N-dealkylation sites (N-methyl/N-ethyl adjacent to an activating group) is 2. The molecule has 104 valence electrons. The van der Waals surface area contributed by atoms with E-state index in [4.69, 9.17) is 0 Å². The quantitative estimate of drug-likeness (QED) is 0.765. The summed E-state index contributed by atoms with van der Waals surface area (Å²) in [5, 5.41) is 3.39. The summed E-state index contributed by atoms with van der Waals surface area (Å²) in [6.45, 7) is 7.10. The van der Waals surface area contributed by atoms with Crippen LogP contribution in [0.25, 0.3) is 0 Å². The van der Waals surface area contributed by atoms with Crippen LogP contribution in [0.1, 0.15) is 32.6 Å². The Labute approximate surface area is 111 Å². The first-order valence-electron chi connectivity index (χ1n) is 7.39. The van der Waals surface area contributed by atoms with Crippen molar-refractivity contribution < 1.29 is 4.79 Å². The highest BCUT2D eigenvalue weighted by Gasteiger charge is 2.30. The van der Waals surface area contributed by atoms with Crippen LogP contribution in [0.3, 0.4) is 0 Å². The summed E-state index contributed by atoms with van der Waals surface area (Å²) in [6.07, 6.45) is 4.90. The van der Waals surface area contributed by atoms with Crippen molar-refractivity contribution in [1.82, 2.24) is 15.1 Å². The second-order valence-corrected chi connectivity index (χ2v) is 5.76. The Kier molecular flexibility index (Phi) is 5.01. The Balaban J connectivity index is 1.74. The van der Waals surface area contributed by atoms with E-state index in [2.05, 4.69) is 17.1 Å². The van der Waals surface area contributed by atoms with E-state index in [1.165, 1.54) is 25.7 Å². The minimum absolute atomic E-state index is 0.299. The molecular formula is C14H27N3O. The second kappa shape index (κ2) is 6.53. The molecule has 0 aromatic carbocycles. The number of nitrogens with one attached hydrogen (secondary N) is 1. The molecule has 0 unspecified atom stereocenters. The molecule has 0 atom stereocenters. The first-order valence-corrected chi connectivity index (χ1v) is 7.39. The maximum absolute atomic E-state index is 12.1. The van der Waals surface area contributed by atoms with Gasteiger partial charge in [0.1, 0.15) is 0 Å². The molecule has 1 N–H and O–H groups in total. The van der Waals surface area contributed by atoms with Gasteiger partial charge in [-0.1, -0.05) is 6.92 Å². The Bertz CT molecular complexity index is 272. The lowest BCUT2D eigenvalue weighted by Gasteiger charge is -2.30. The van der Waals surface area contributed by atoms with Crippen LogP contribution >= 0.6 is 0 Å². The average Bonchev–Trinajstić information content (AvgIpc) is 3.22. The van der Waals surface area contributed by atoms with Crippen molar-refractivity contribution in [3.63, 3.8) is 0 Å². The summed E-state index contributed by atoms with van der Waals surface area (Å²) in [6, 6.07) is 0.537. The van der Waals surface area contributed by atoms with Gasteiger partial charge in [-0.15, -0.1) is 0 Å². The molecule has 0 aromatic heterocycles. The topological polar surface area (TPSA) is 35.6 Å². The van der Waals surface area contributed by atoms with E-state index < -0.39 is 0 Å². The largest absolute Gasteiger partial charge is 0.342 e. The van der Waals surface area contributed by atoms with Gasteiger partial charge < -0.3 is 10.2 Å². The molecule has 2 aliphatic rings. The van der Waals surface area contributed by atoms with Crippen molar-refractivity contribution >= 4 is 5.91 Å². The number of amides is 1. The molecule has 0 radical (unpaired) electrons. The van der Waals surface area contributed by atoms with Crippen LogP contribution in [0.4, 0.5) is 0 Å². The molecule has 0 bridgehead atoms. The lowest BCUT2D eigenvalue weighted by molar-refractivity contribution is -0.131. The zero-order valence-electron chi connectivity index (χ0n) is 11.8. The van der Waals surface area contributed by atoms with Gasteiger partial charge in [-0.05, 0) is 51.2 Å². The number of rotatable bonds is 6. The van der Waals surface area contributed by atoms with Gasteiger partial charge in [-0.2, -0.15) is 0 Å². The highest BCUT2D eigenvalue weighted by molar-refractivity contribution is 5.78. The van der Waals surface area contributed by atoms with E-state index in [1.54, 1.807) is 0 Å². The first-order chi connectivity index (χ1) is 8.70. The van der Waals surface area contributed by atoms with Crippen molar-refractivity contribution in [2.75, 3.05) is 39.8 Å². The zero-order valence-corrected chi connectivity index (χ0v) is 11.8. The molecule has 0 aromatic rings. The van der Waals surface area contributed by atoms with E-state index in [9.17, 15) is 4.79 Å². The van der Waals surface area contributed by atoms with Crippen LogP contribution in [0, 0.1) is 5.92 Å². The Morgan fingerprint density at radius 1 is 1.22 bits per heavy atom. The van der Waals surface area contributed by atoms with Crippen LogP contribution in [0.15, 0.2) is 0 Å². The van der Waals surface area contributed by atoms with E-state index >= 15 is 0 Å². The van der Waals surface area contributed by atoms with Crippen LogP contribution < -0.4 is 5.32 Å². The van der Waals surface area contributed by atoms with E-state index in [1.807, 2.05) is 11.9 Å². The van der Waals surface area contributed by atoms with Gasteiger partial charge in [0.2, 0.25) is 5.91 Å². The molecule has 1 aliphatic heterocycles. The van der Waals surface area contributed by atoms with Crippen LogP contribution in [-0.2, 0) is 4.79 Å². The molecule has 1 amide bonds. The van der Waals surface area contributed by atoms with Crippen molar-refractivity contribution in [3.05, 3.63) is 0 Å². The molecule has 1 saturated carbocycles. The fraction of sp³-hybridized carbons (Fsp3) is 0.929. The number of piperidine rings is 1. The third kappa shape index (κ3) is 3.95. The summed E-state index contributed by atoms with van der Waals surface area (Å²) in [5.41, 5.74) is 0. The monoisotopic (exact) mass is 253 g/mol. The molecule has 2 fully saturated rings. The van der Waals surface area contributed by atoms with Crippen LogP contribution in [0.2, 0.25) is 0 Å². The normalized spacial score (nSPS) is 21.3. The van der Waals surface area contributed by atoms with Gasteiger partial charge in [0.15, 0.2) is 0 Å². The van der Waals surface area contributed by atoms with Gasteiger partial charge in [-0.3, -0.25) is 9.69 Å². The molecule has 18 heavy (non-hydrogen) atoms. The molecule has 1 saturated heterocycles. The number of carbonyl (C=O) groups is 1. The van der Waals surface area contributed by atoms with Crippen molar-refractivity contribution in [2.45, 2.75) is 38.6 Å². The molecule has 4 heteroatoms. The van der Waals surface area contributed by atoms with Crippen molar-refractivity contribution in [2.24, 2.45) is 5.92 Å². The van der Waals surface area contributed by atoms with Gasteiger partial charge in [0.25, 0.3) is 0 Å². The SMILES string of the molecule is CCN(CC(=O)N(C)C1CC1)CC1CCNCC1. The van der Waals surface area contributed by atoms with Crippen LogP contribution in [0.5, 0.6) is 0 Å². The van der Waals surface area contributed by atoms with Gasteiger partial charge >= 0.3 is 0 Å². The number of hydrogen-bond acceptors (Lipinski definition) is 3. The van der Waals surface area contributed by atoms with E-state index in [-0.39, 0.29) is 0 Å². The molecule has 1 aliphatic carbocycles. The lowest BCUT2D eigenvalue weighted by Crippen LogP contribution is -2.42. The Morgan fingerprint density at radius 2 is 1.89 bits per heavy atom. The molecular weight excluding hydrogens is 226 g/mol. The fourth-order valence-corrected chi connectivity index (χ4v) is 2.70. The van der Waals surface area contributed by atoms with E-state index in [0.29, 0.717) is 18.5 Å². The van der Waals surface area contributed by atoms with Gasteiger partial charge in [-0.25, -0.2) is 0 Å². The zero-order chi connectivity index (χ0) is 13.0. The minimum Gasteiger partial charge on any atom is -0.342 e. The standard InChI is InChI=1S/C14H27N3O/c1-3-17(10-12-6-8-15-9-7-12)11-14(18)16(2)13-4-5-13/h12-13,15H,3-11H2,1-2H3. The fourth-order valence-electron chi connectivity index (χ4n) is 2.70. The first kappa shape index (κ1) is 13.8. The maximum Gasteiger partial charge on any atom is 0.236 e. The lowest BCUT2D eigenvalue weighted by atomic mass is 9.97. The third-order valence-corrected chi connectivity index (χ3v) is 4.27. The molecule has 4 nitrogen and oxygen atoms in total. The van der Waals surface area contributed by atoms with Crippen LogP contribution in [-0.4, -0.2) is 61.5 Å². The molecule has 2 rings (SSSR count). The summed E-state index contributed by atoms with van der Waals surface area (Å²) in [7, 11) is 1.96. The van der Waals surface area contributed by atoms with Gasteiger partial charge in [0.05, 0.1) is 6.54 Å². The molecule has 0 spiro atoms. The number of nitrogens with zero attached hydrogens (tertiary/aromatic N) is 2. The Morgan fingerprint density at radius 3 is 2.44 bits per heavy atom. The smallest absolute Gasteiger partial charge is 0.236 e. The number of carbonyl (C=O) groups excluding carboxylic acids is 1. The summed E-state index contributed by atoms with van der Waals surface area (Å²) < 4.78 is 0. The predicted molar refractivity (Wildman–Crippen MR) is 73.5 cm³/mol.